The van der Waals surface area contributed by atoms with Crippen LogP contribution in [0.5, 0.6) is 5.75 Å². The molecule has 1 aromatic carbocycles. The Kier molecular flexibility index (Phi) is 7.00. The average Bonchev–Trinajstić information content (AvgIpc) is 3.26. The summed E-state index contributed by atoms with van der Waals surface area (Å²) >= 11 is 0. The summed E-state index contributed by atoms with van der Waals surface area (Å²) in [7, 11) is 3.41. The Labute approximate surface area is 200 Å². The molecular weight excluding hydrogens is 430 g/mol. The van der Waals surface area contributed by atoms with Gasteiger partial charge < -0.3 is 20.1 Å². The number of ether oxygens (including phenoxy) is 2. The van der Waals surface area contributed by atoms with Crippen LogP contribution in [0.3, 0.4) is 0 Å². The van der Waals surface area contributed by atoms with Crippen LogP contribution in [0, 0.1) is 6.92 Å². The van der Waals surface area contributed by atoms with Gasteiger partial charge in [0.15, 0.2) is 0 Å². The average molecular weight is 464 g/mol. The van der Waals surface area contributed by atoms with Crippen LogP contribution >= 0.6 is 0 Å². The minimum atomic E-state index is -0.688. The number of methoxy groups -OCH3 is 1. The van der Waals surface area contributed by atoms with Gasteiger partial charge in [-0.3, -0.25) is 14.3 Å². The standard InChI is InChI=1S/C26H33N5O3/c1-6-20-23(25(32)31(4)24(29-20)19-12-11-18(33-5)14-17(19)3)30-26(21-10-8-9-13-28-21)16-27-15-22(26)34-7-2/h8-14,22,27,30H,6-7,15-16H2,1-5H3/t22-,26+/m0/s1. The molecule has 2 N–H and O–H groups in total. The highest BCUT2D eigenvalue weighted by molar-refractivity contribution is 5.64. The zero-order valence-corrected chi connectivity index (χ0v) is 20.5. The van der Waals surface area contributed by atoms with Crippen LogP contribution in [0.4, 0.5) is 5.69 Å². The molecule has 1 saturated heterocycles. The third-order valence-electron chi connectivity index (χ3n) is 6.50. The summed E-state index contributed by atoms with van der Waals surface area (Å²) < 4.78 is 13.1. The third-order valence-corrected chi connectivity index (χ3v) is 6.50. The number of hydrogen-bond acceptors (Lipinski definition) is 7. The molecule has 2 aromatic heterocycles. The molecule has 3 heterocycles. The highest BCUT2D eigenvalue weighted by Crippen LogP contribution is 2.34. The van der Waals surface area contributed by atoms with E-state index in [0.29, 0.717) is 43.3 Å². The summed E-state index contributed by atoms with van der Waals surface area (Å²) in [6.45, 7) is 7.80. The van der Waals surface area contributed by atoms with Gasteiger partial charge in [0.25, 0.3) is 5.56 Å². The second-order valence-electron chi connectivity index (χ2n) is 8.54. The predicted molar refractivity (Wildman–Crippen MR) is 133 cm³/mol. The lowest BCUT2D eigenvalue weighted by Crippen LogP contribution is -2.49. The van der Waals surface area contributed by atoms with Crippen LogP contribution in [0.1, 0.15) is 30.8 Å². The maximum atomic E-state index is 13.8. The van der Waals surface area contributed by atoms with Crippen molar-refractivity contribution in [3.05, 3.63) is 69.9 Å². The molecule has 0 amide bonds. The highest BCUT2D eigenvalue weighted by atomic mass is 16.5. The molecule has 0 unspecified atom stereocenters. The second-order valence-corrected chi connectivity index (χ2v) is 8.54. The van der Waals surface area contributed by atoms with Crippen LogP contribution in [-0.4, -0.2) is 47.4 Å². The maximum absolute atomic E-state index is 13.8. The van der Waals surface area contributed by atoms with Crippen molar-refractivity contribution in [3.63, 3.8) is 0 Å². The van der Waals surface area contributed by atoms with Crippen molar-refractivity contribution >= 4 is 5.69 Å². The summed E-state index contributed by atoms with van der Waals surface area (Å²) in [6.07, 6.45) is 2.18. The molecule has 0 saturated carbocycles. The lowest BCUT2D eigenvalue weighted by atomic mass is 9.90. The number of aryl methyl sites for hydroxylation is 2. The molecule has 180 valence electrons. The van der Waals surface area contributed by atoms with Crippen LogP contribution in [0.2, 0.25) is 0 Å². The number of benzene rings is 1. The molecule has 1 aliphatic rings. The van der Waals surface area contributed by atoms with Gasteiger partial charge >= 0.3 is 0 Å². The van der Waals surface area contributed by atoms with E-state index in [2.05, 4.69) is 15.6 Å². The van der Waals surface area contributed by atoms with Gasteiger partial charge in [-0.1, -0.05) is 13.0 Å². The summed E-state index contributed by atoms with van der Waals surface area (Å²) in [6, 6.07) is 11.6. The summed E-state index contributed by atoms with van der Waals surface area (Å²) in [5, 5.41) is 7.01. The van der Waals surface area contributed by atoms with Gasteiger partial charge in [-0.25, -0.2) is 4.98 Å². The number of nitrogens with one attached hydrogen (secondary N) is 2. The summed E-state index contributed by atoms with van der Waals surface area (Å²) in [4.78, 5) is 23.3. The fraction of sp³-hybridized carbons (Fsp3) is 0.423. The first-order valence-corrected chi connectivity index (χ1v) is 11.7. The van der Waals surface area contributed by atoms with Gasteiger partial charge in [0.1, 0.15) is 22.8 Å². The Balaban J connectivity index is 1.84. The van der Waals surface area contributed by atoms with Gasteiger partial charge in [-0.2, -0.15) is 0 Å². The molecule has 0 spiro atoms. The summed E-state index contributed by atoms with van der Waals surface area (Å²) in [5.41, 5.74) is 3.10. The Hall–Kier alpha value is -3.23. The zero-order valence-electron chi connectivity index (χ0n) is 20.5. The van der Waals surface area contributed by atoms with Crippen molar-refractivity contribution in [2.75, 3.05) is 32.1 Å². The van der Waals surface area contributed by atoms with Crippen LogP contribution in [0.15, 0.2) is 47.4 Å². The minimum absolute atomic E-state index is 0.130. The van der Waals surface area contributed by atoms with E-state index in [9.17, 15) is 4.79 Å². The molecule has 8 heteroatoms. The van der Waals surface area contributed by atoms with Crippen LogP contribution in [0.25, 0.3) is 11.4 Å². The third kappa shape index (κ3) is 4.19. The number of aromatic nitrogens is 3. The minimum Gasteiger partial charge on any atom is -0.497 e. The first kappa shape index (κ1) is 23.9. The van der Waals surface area contributed by atoms with E-state index >= 15 is 0 Å². The van der Waals surface area contributed by atoms with Crippen molar-refractivity contribution in [1.82, 2.24) is 19.9 Å². The molecule has 1 fully saturated rings. The topological polar surface area (TPSA) is 90.3 Å². The number of anilines is 1. The molecule has 0 radical (unpaired) electrons. The van der Waals surface area contributed by atoms with Crippen molar-refractivity contribution in [1.29, 1.82) is 0 Å². The number of rotatable bonds is 8. The Morgan fingerprint density at radius 2 is 2.09 bits per heavy atom. The van der Waals surface area contributed by atoms with Crippen LogP contribution in [-0.2, 0) is 23.7 Å². The first-order valence-electron chi connectivity index (χ1n) is 11.7. The molecule has 0 aliphatic carbocycles. The van der Waals surface area contributed by atoms with Crippen molar-refractivity contribution in [3.8, 4) is 17.1 Å². The quantitative estimate of drug-likeness (QED) is 0.531. The first-order chi connectivity index (χ1) is 16.4. The zero-order chi connectivity index (χ0) is 24.3. The SMILES string of the molecule is CCO[C@H]1CNC[C@@]1(Nc1c(CC)nc(-c2ccc(OC)cc2C)n(C)c1=O)c1ccccn1. The fourth-order valence-corrected chi connectivity index (χ4v) is 4.67. The van der Waals surface area contributed by atoms with Crippen molar-refractivity contribution < 1.29 is 9.47 Å². The van der Waals surface area contributed by atoms with Gasteiger partial charge in [0.05, 0.1) is 24.6 Å². The number of pyridine rings is 1. The summed E-state index contributed by atoms with van der Waals surface area (Å²) in [5.74, 6) is 1.40. The van der Waals surface area contributed by atoms with E-state index in [4.69, 9.17) is 14.5 Å². The van der Waals surface area contributed by atoms with Gasteiger partial charge in [0, 0.05) is 38.5 Å². The molecule has 1 aliphatic heterocycles. The molecule has 3 aromatic rings. The lowest BCUT2D eigenvalue weighted by Gasteiger charge is -2.36. The lowest BCUT2D eigenvalue weighted by molar-refractivity contribution is 0.0384. The monoisotopic (exact) mass is 463 g/mol. The van der Waals surface area contributed by atoms with Gasteiger partial charge in [-0.05, 0) is 56.2 Å². The Morgan fingerprint density at radius 1 is 1.26 bits per heavy atom. The largest absolute Gasteiger partial charge is 0.497 e. The second kappa shape index (κ2) is 9.95. The smallest absolute Gasteiger partial charge is 0.277 e. The molecule has 4 rings (SSSR count). The van der Waals surface area contributed by atoms with E-state index in [0.717, 1.165) is 22.6 Å². The van der Waals surface area contributed by atoms with E-state index in [1.165, 1.54) is 0 Å². The van der Waals surface area contributed by atoms with Crippen LogP contribution < -0.4 is 20.9 Å². The van der Waals surface area contributed by atoms with Gasteiger partial charge in [-0.15, -0.1) is 0 Å². The number of hydrogen-bond donors (Lipinski definition) is 2. The normalized spacial score (nSPS) is 19.9. The molecular formula is C26H33N5O3. The molecule has 8 nitrogen and oxygen atoms in total. The van der Waals surface area contributed by atoms with E-state index in [1.807, 2.05) is 57.2 Å². The van der Waals surface area contributed by atoms with E-state index in [-0.39, 0.29) is 11.7 Å². The van der Waals surface area contributed by atoms with Crippen molar-refractivity contribution in [2.24, 2.45) is 7.05 Å². The fourth-order valence-electron chi connectivity index (χ4n) is 4.67. The Morgan fingerprint density at radius 3 is 2.74 bits per heavy atom. The maximum Gasteiger partial charge on any atom is 0.277 e. The van der Waals surface area contributed by atoms with Gasteiger partial charge in [0.2, 0.25) is 0 Å². The van der Waals surface area contributed by atoms with Crippen molar-refractivity contribution in [2.45, 2.75) is 38.8 Å². The highest BCUT2D eigenvalue weighted by Gasteiger charge is 2.47. The number of nitrogens with zero attached hydrogens (tertiary/aromatic N) is 3. The molecule has 0 bridgehead atoms. The molecule has 34 heavy (non-hydrogen) atoms. The van der Waals surface area contributed by atoms with E-state index < -0.39 is 5.54 Å². The Bertz CT molecular complexity index is 1210. The van der Waals surface area contributed by atoms with E-state index in [1.54, 1.807) is 24.9 Å². The molecule has 2 atom stereocenters. The predicted octanol–water partition coefficient (Wildman–Crippen LogP) is 3.04.